The minimum atomic E-state index is -0.307. The average molecular weight is 289 g/mol. The zero-order valence-corrected chi connectivity index (χ0v) is 13.8. The summed E-state index contributed by atoms with van der Waals surface area (Å²) in [5.41, 5.74) is -0.143. The van der Waals surface area contributed by atoms with Gasteiger partial charge in [0.1, 0.15) is 6.04 Å². The number of carbonyl (C=O) groups excluding carboxylic acids is 1. The first kappa shape index (κ1) is 19.4. The first-order valence-corrected chi connectivity index (χ1v) is 7.40. The van der Waals surface area contributed by atoms with E-state index in [1.54, 1.807) is 0 Å². The maximum absolute atomic E-state index is 11.8. The third-order valence-electron chi connectivity index (χ3n) is 2.42. The third kappa shape index (κ3) is 11.2. The Balaban J connectivity index is 3.87. The molecule has 0 aliphatic carbocycles. The highest BCUT2D eigenvalue weighted by Gasteiger charge is 2.20. The lowest BCUT2D eigenvalue weighted by Gasteiger charge is -2.21. The van der Waals surface area contributed by atoms with Crippen LogP contribution in [0.3, 0.4) is 0 Å². The van der Waals surface area contributed by atoms with Crippen molar-refractivity contribution in [2.45, 2.75) is 65.6 Å². The highest BCUT2D eigenvalue weighted by Crippen LogP contribution is 2.06. The summed E-state index contributed by atoms with van der Waals surface area (Å²) in [5, 5.41) is 3.19. The van der Waals surface area contributed by atoms with E-state index in [1.165, 1.54) is 0 Å². The Kier molecular flexibility index (Phi) is 9.80. The molecule has 1 atom stereocenters. The van der Waals surface area contributed by atoms with Crippen LogP contribution < -0.4 is 5.32 Å². The Hall–Kier alpha value is -0.650. The third-order valence-corrected chi connectivity index (χ3v) is 2.42. The van der Waals surface area contributed by atoms with E-state index < -0.39 is 0 Å². The van der Waals surface area contributed by atoms with E-state index in [1.807, 2.05) is 41.5 Å². The monoisotopic (exact) mass is 289 g/mol. The lowest BCUT2D eigenvalue weighted by atomic mass is 10.2. The lowest BCUT2D eigenvalue weighted by Crippen LogP contribution is -2.42. The summed E-state index contributed by atoms with van der Waals surface area (Å²) in [6, 6.07) is -0.0767. The van der Waals surface area contributed by atoms with Crippen LogP contribution in [-0.2, 0) is 19.0 Å². The zero-order chi connectivity index (χ0) is 15.6. The largest absolute Gasteiger partial charge is 0.465 e. The van der Waals surface area contributed by atoms with Gasteiger partial charge >= 0.3 is 5.97 Å². The summed E-state index contributed by atoms with van der Waals surface area (Å²) in [7, 11) is 0. The van der Waals surface area contributed by atoms with Gasteiger partial charge in [0.15, 0.2) is 0 Å². The van der Waals surface area contributed by atoms with Gasteiger partial charge in [0, 0.05) is 12.6 Å². The molecule has 0 fully saturated rings. The van der Waals surface area contributed by atoms with Gasteiger partial charge in [-0.2, -0.15) is 0 Å². The molecular formula is C15H31NO4. The molecule has 0 amide bonds. The maximum atomic E-state index is 11.8. The molecule has 0 spiro atoms. The van der Waals surface area contributed by atoms with Crippen molar-refractivity contribution in [2.24, 2.45) is 0 Å². The van der Waals surface area contributed by atoms with Gasteiger partial charge in [0.2, 0.25) is 0 Å². The van der Waals surface area contributed by atoms with Gasteiger partial charge in [-0.3, -0.25) is 4.79 Å². The molecule has 1 unspecified atom stereocenters. The van der Waals surface area contributed by atoms with Crippen molar-refractivity contribution in [1.29, 1.82) is 0 Å². The van der Waals surface area contributed by atoms with Crippen molar-refractivity contribution < 1.29 is 19.0 Å². The first-order valence-electron chi connectivity index (χ1n) is 7.40. The van der Waals surface area contributed by atoms with Crippen LogP contribution in [0.15, 0.2) is 0 Å². The Morgan fingerprint density at radius 1 is 1.15 bits per heavy atom. The normalized spacial score (nSPS) is 13.6. The summed E-state index contributed by atoms with van der Waals surface area (Å²) < 4.78 is 16.1. The molecule has 20 heavy (non-hydrogen) atoms. The summed E-state index contributed by atoms with van der Waals surface area (Å²) >= 11 is 0. The average Bonchev–Trinajstić information content (AvgIpc) is 2.30. The molecule has 0 saturated heterocycles. The van der Waals surface area contributed by atoms with Crippen molar-refractivity contribution in [1.82, 2.24) is 5.32 Å². The molecule has 0 rings (SSSR count). The van der Waals surface area contributed by atoms with Gasteiger partial charge in [0.25, 0.3) is 0 Å². The number of ether oxygens (including phenoxy) is 3. The van der Waals surface area contributed by atoms with Crippen LogP contribution >= 0.6 is 0 Å². The van der Waals surface area contributed by atoms with E-state index in [0.717, 1.165) is 0 Å². The van der Waals surface area contributed by atoms with Gasteiger partial charge < -0.3 is 19.5 Å². The molecule has 5 nitrogen and oxygen atoms in total. The van der Waals surface area contributed by atoms with Crippen LogP contribution in [0.2, 0.25) is 0 Å². The molecule has 0 aliphatic heterocycles. The Labute approximate surface area is 123 Å². The molecule has 0 bridgehead atoms. The van der Waals surface area contributed by atoms with Crippen LogP contribution in [0.5, 0.6) is 0 Å². The van der Waals surface area contributed by atoms with Crippen molar-refractivity contribution in [2.75, 3.05) is 26.4 Å². The van der Waals surface area contributed by atoms with E-state index in [4.69, 9.17) is 14.2 Å². The molecule has 0 aromatic rings. The number of hydrogen-bond donors (Lipinski definition) is 1. The molecule has 5 heteroatoms. The highest BCUT2D eigenvalue weighted by molar-refractivity contribution is 5.75. The van der Waals surface area contributed by atoms with E-state index >= 15 is 0 Å². The van der Waals surface area contributed by atoms with E-state index in [0.29, 0.717) is 32.8 Å². The minimum absolute atomic E-state index is 0.143. The first-order chi connectivity index (χ1) is 9.26. The molecule has 120 valence electrons. The van der Waals surface area contributed by atoms with Gasteiger partial charge in [-0.05, 0) is 34.1 Å². The molecule has 0 radical (unpaired) electrons. The van der Waals surface area contributed by atoms with Crippen molar-refractivity contribution in [3.8, 4) is 0 Å². The topological polar surface area (TPSA) is 56.8 Å². The van der Waals surface area contributed by atoms with Gasteiger partial charge in [-0.25, -0.2) is 0 Å². The van der Waals surface area contributed by atoms with Gasteiger partial charge in [0.05, 0.1) is 25.4 Å². The summed E-state index contributed by atoms with van der Waals surface area (Å²) in [5.74, 6) is -0.212. The molecule has 1 N–H and O–H groups in total. The van der Waals surface area contributed by atoms with Crippen LogP contribution in [0, 0.1) is 0 Å². The molecule has 0 aliphatic rings. The SMILES string of the molecule is CCOC(=O)C(CCOCCOC(C)(C)C)NC(C)C. The van der Waals surface area contributed by atoms with E-state index in [9.17, 15) is 4.79 Å². The molecule has 0 heterocycles. The summed E-state index contributed by atoms with van der Waals surface area (Å²) in [6.07, 6.45) is 0.604. The second-order valence-electron chi connectivity index (χ2n) is 5.99. The molecular weight excluding hydrogens is 258 g/mol. The van der Waals surface area contributed by atoms with Gasteiger partial charge in [-0.1, -0.05) is 13.8 Å². The quantitative estimate of drug-likeness (QED) is 0.493. The predicted octanol–water partition coefficient (Wildman–Crippen LogP) is 2.14. The number of esters is 1. The molecule has 0 aromatic carbocycles. The number of hydrogen-bond acceptors (Lipinski definition) is 5. The maximum Gasteiger partial charge on any atom is 0.323 e. The Morgan fingerprint density at radius 2 is 1.80 bits per heavy atom. The van der Waals surface area contributed by atoms with Crippen molar-refractivity contribution in [3.63, 3.8) is 0 Å². The Morgan fingerprint density at radius 3 is 2.30 bits per heavy atom. The van der Waals surface area contributed by atoms with Crippen LogP contribution in [0.1, 0.15) is 48.0 Å². The van der Waals surface area contributed by atoms with Crippen LogP contribution in [-0.4, -0.2) is 50.1 Å². The van der Waals surface area contributed by atoms with E-state index in [2.05, 4.69) is 5.32 Å². The van der Waals surface area contributed by atoms with Crippen molar-refractivity contribution in [3.05, 3.63) is 0 Å². The number of nitrogens with one attached hydrogen (secondary N) is 1. The number of rotatable bonds is 10. The fourth-order valence-electron chi connectivity index (χ4n) is 1.62. The van der Waals surface area contributed by atoms with Crippen LogP contribution in [0.4, 0.5) is 0 Å². The fourth-order valence-corrected chi connectivity index (χ4v) is 1.62. The fraction of sp³-hybridized carbons (Fsp3) is 0.933. The van der Waals surface area contributed by atoms with E-state index in [-0.39, 0.29) is 23.7 Å². The molecule has 0 saturated carbocycles. The molecule has 0 aromatic heterocycles. The second kappa shape index (κ2) is 10.1. The Bertz CT molecular complexity index is 261. The van der Waals surface area contributed by atoms with Gasteiger partial charge in [-0.15, -0.1) is 0 Å². The van der Waals surface area contributed by atoms with Crippen molar-refractivity contribution >= 4 is 5.97 Å². The number of carbonyl (C=O) groups is 1. The summed E-state index contributed by atoms with van der Waals surface area (Å²) in [4.78, 5) is 11.8. The smallest absolute Gasteiger partial charge is 0.323 e. The zero-order valence-electron chi connectivity index (χ0n) is 13.8. The minimum Gasteiger partial charge on any atom is -0.465 e. The second-order valence-corrected chi connectivity index (χ2v) is 5.99. The highest BCUT2D eigenvalue weighted by atomic mass is 16.5. The summed E-state index contributed by atoms with van der Waals surface area (Å²) in [6.45, 7) is 13.9. The standard InChI is InChI=1S/C15H31NO4/c1-7-19-14(17)13(16-12(2)3)8-9-18-10-11-20-15(4,5)6/h12-13,16H,7-11H2,1-6H3. The predicted molar refractivity (Wildman–Crippen MR) is 79.8 cm³/mol. The lowest BCUT2D eigenvalue weighted by molar-refractivity contribution is -0.146. The van der Waals surface area contributed by atoms with Crippen LogP contribution in [0.25, 0.3) is 0 Å².